The topological polar surface area (TPSA) is 51.2 Å². The number of carbonyl (C=O) groups is 1. The molecular formula is C18H15FN2O2S. The van der Waals surface area contributed by atoms with Crippen LogP contribution in [0.5, 0.6) is 0 Å². The lowest BCUT2D eigenvalue weighted by Crippen LogP contribution is -2.13. The van der Waals surface area contributed by atoms with Gasteiger partial charge in [0.1, 0.15) is 12.4 Å². The van der Waals surface area contributed by atoms with E-state index in [2.05, 4.69) is 10.3 Å². The second-order valence-electron chi connectivity index (χ2n) is 5.13. The Hall–Kier alpha value is -2.73. The summed E-state index contributed by atoms with van der Waals surface area (Å²) in [5.41, 5.74) is 2.21. The van der Waals surface area contributed by atoms with Crippen molar-refractivity contribution in [1.82, 2.24) is 4.98 Å². The number of aryl methyl sites for hydroxylation is 1. The molecule has 0 bridgehead atoms. The van der Waals surface area contributed by atoms with Crippen LogP contribution in [-0.2, 0) is 11.3 Å². The number of nitrogens with zero attached hydrogens (tertiary/aromatic N) is 1. The summed E-state index contributed by atoms with van der Waals surface area (Å²) < 4.78 is 19.3. The zero-order valence-electron chi connectivity index (χ0n) is 13.0. The van der Waals surface area contributed by atoms with Crippen LogP contribution in [-0.4, -0.2) is 11.1 Å². The van der Waals surface area contributed by atoms with Crippen molar-refractivity contribution in [3.05, 3.63) is 70.3 Å². The molecule has 1 N–H and O–H groups in total. The fourth-order valence-electron chi connectivity index (χ4n) is 2.16. The SMILES string of the molecule is Cc1nc(-c2ccc(NC(=O)OCc3ccccc3)cc2F)cs1. The molecule has 0 saturated carbocycles. The van der Waals surface area contributed by atoms with Crippen LogP contribution >= 0.6 is 11.3 Å². The van der Waals surface area contributed by atoms with Crippen molar-refractivity contribution in [2.45, 2.75) is 13.5 Å². The number of nitrogens with one attached hydrogen (secondary N) is 1. The molecule has 0 unspecified atom stereocenters. The Balaban J connectivity index is 1.63. The maximum Gasteiger partial charge on any atom is 0.411 e. The van der Waals surface area contributed by atoms with E-state index in [9.17, 15) is 9.18 Å². The van der Waals surface area contributed by atoms with Crippen LogP contribution in [0.15, 0.2) is 53.9 Å². The number of carbonyl (C=O) groups excluding carboxylic acids is 1. The number of aromatic nitrogens is 1. The summed E-state index contributed by atoms with van der Waals surface area (Å²) in [5.74, 6) is -0.443. The third-order valence-electron chi connectivity index (χ3n) is 3.32. The Kier molecular flexibility index (Phi) is 4.86. The summed E-state index contributed by atoms with van der Waals surface area (Å²) in [7, 11) is 0. The van der Waals surface area contributed by atoms with Gasteiger partial charge < -0.3 is 4.74 Å². The zero-order valence-corrected chi connectivity index (χ0v) is 13.8. The van der Waals surface area contributed by atoms with Gasteiger partial charge in [-0.15, -0.1) is 11.3 Å². The summed E-state index contributed by atoms with van der Waals surface area (Å²) >= 11 is 1.46. The molecule has 0 saturated heterocycles. The first kappa shape index (κ1) is 16.1. The van der Waals surface area contributed by atoms with Crippen molar-refractivity contribution in [3.8, 4) is 11.3 Å². The van der Waals surface area contributed by atoms with Gasteiger partial charge in [0.05, 0.1) is 10.7 Å². The molecule has 3 aromatic rings. The van der Waals surface area contributed by atoms with Crippen LogP contribution in [0.1, 0.15) is 10.6 Å². The monoisotopic (exact) mass is 342 g/mol. The molecule has 1 amide bonds. The summed E-state index contributed by atoms with van der Waals surface area (Å²) in [4.78, 5) is 16.1. The van der Waals surface area contributed by atoms with Gasteiger partial charge in [-0.25, -0.2) is 14.2 Å². The number of halogens is 1. The van der Waals surface area contributed by atoms with E-state index in [1.165, 1.54) is 17.4 Å². The Morgan fingerprint density at radius 1 is 1.25 bits per heavy atom. The van der Waals surface area contributed by atoms with E-state index in [1.54, 1.807) is 17.5 Å². The van der Waals surface area contributed by atoms with Crippen LogP contribution in [0, 0.1) is 12.7 Å². The smallest absolute Gasteiger partial charge is 0.411 e. The molecule has 0 aliphatic rings. The first-order valence-corrected chi connectivity index (χ1v) is 8.19. The number of anilines is 1. The number of benzene rings is 2. The number of hydrogen-bond acceptors (Lipinski definition) is 4. The van der Waals surface area contributed by atoms with Crippen LogP contribution in [0.2, 0.25) is 0 Å². The van der Waals surface area contributed by atoms with Crippen LogP contribution in [0.25, 0.3) is 11.3 Å². The third-order valence-corrected chi connectivity index (χ3v) is 4.10. The van der Waals surface area contributed by atoms with Crippen LogP contribution in [0.3, 0.4) is 0 Å². The Morgan fingerprint density at radius 2 is 2.04 bits per heavy atom. The van der Waals surface area contributed by atoms with Gasteiger partial charge in [0.2, 0.25) is 0 Å². The highest BCUT2D eigenvalue weighted by Crippen LogP contribution is 2.26. The van der Waals surface area contributed by atoms with E-state index in [1.807, 2.05) is 37.3 Å². The van der Waals surface area contributed by atoms with Crippen molar-refractivity contribution in [3.63, 3.8) is 0 Å². The molecule has 1 aromatic heterocycles. The highest BCUT2D eigenvalue weighted by atomic mass is 32.1. The summed E-state index contributed by atoms with van der Waals surface area (Å²) in [6.07, 6.45) is -0.629. The second kappa shape index (κ2) is 7.23. The van der Waals surface area contributed by atoms with E-state index in [4.69, 9.17) is 4.74 Å². The van der Waals surface area contributed by atoms with Gasteiger partial charge in [-0.05, 0) is 30.7 Å². The summed E-state index contributed by atoms with van der Waals surface area (Å²) in [6.45, 7) is 2.02. The largest absolute Gasteiger partial charge is 0.444 e. The zero-order chi connectivity index (χ0) is 16.9. The van der Waals surface area contributed by atoms with Crippen molar-refractivity contribution in [2.75, 3.05) is 5.32 Å². The highest BCUT2D eigenvalue weighted by molar-refractivity contribution is 7.09. The minimum Gasteiger partial charge on any atom is -0.444 e. The lowest BCUT2D eigenvalue weighted by molar-refractivity contribution is 0.155. The van der Waals surface area contributed by atoms with E-state index in [-0.39, 0.29) is 6.61 Å². The number of ether oxygens (including phenoxy) is 1. The van der Waals surface area contributed by atoms with Gasteiger partial charge in [-0.1, -0.05) is 30.3 Å². The molecular weight excluding hydrogens is 327 g/mol. The van der Waals surface area contributed by atoms with Crippen molar-refractivity contribution in [1.29, 1.82) is 0 Å². The standard InChI is InChI=1S/C18H15FN2O2S/c1-12-20-17(11-24-12)15-8-7-14(9-16(15)19)21-18(22)23-10-13-5-3-2-4-6-13/h2-9,11H,10H2,1H3,(H,21,22). The molecule has 0 fully saturated rings. The fraction of sp³-hybridized carbons (Fsp3) is 0.111. The van der Waals surface area contributed by atoms with Gasteiger partial charge in [-0.2, -0.15) is 0 Å². The molecule has 0 aliphatic carbocycles. The average Bonchev–Trinajstić information content (AvgIpc) is 3.00. The van der Waals surface area contributed by atoms with Crippen molar-refractivity contribution in [2.24, 2.45) is 0 Å². The first-order valence-electron chi connectivity index (χ1n) is 7.31. The Labute approximate surface area is 142 Å². The molecule has 0 radical (unpaired) electrons. The molecule has 0 atom stereocenters. The fourth-order valence-corrected chi connectivity index (χ4v) is 2.78. The molecule has 0 aliphatic heterocycles. The Morgan fingerprint density at radius 3 is 2.71 bits per heavy atom. The normalized spacial score (nSPS) is 10.4. The van der Waals surface area contributed by atoms with Crippen molar-refractivity contribution >= 4 is 23.1 Å². The van der Waals surface area contributed by atoms with E-state index < -0.39 is 11.9 Å². The van der Waals surface area contributed by atoms with Crippen molar-refractivity contribution < 1.29 is 13.9 Å². The predicted octanol–water partition coefficient (Wildman–Crippen LogP) is 5.01. The molecule has 2 aromatic carbocycles. The van der Waals surface area contributed by atoms with Gasteiger partial charge in [-0.3, -0.25) is 5.32 Å². The number of rotatable bonds is 4. The van der Waals surface area contributed by atoms with E-state index in [0.717, 1.165) is 10.6 Å². The molecule has 6 heteroatoms. The molecule has 0 spiro atoms. The van der Waals surface area contributed by atoms with Crippen LogP contribution in [0.4, 0.5) is 14.9 Å². The predicted molar refractivity (Wildman–Crippen MR) is 92.5 cm³/mol. The quantitative estimate of drug-likeness (QED) is 0.725. The summed E-state index contributed by atoms with van der Waals surface area (Å²) in [6, 6.07) is 13.8. The minimum absolute atomic E-state index is 0.158. The molecule has 24 heavy (non-hydrogen) atoms. The molecule has 4 nitrogen and oxygen atoms in total. The van der Waals surface area contributed by atoms with Gasteiger partial charge >= 0.3 is 6.09 Å². The first-order chi connectivity index (χ1) is 11.6. The Bertz CT molecular complexity index is 849. The number of thiazole rings is 1. The van der Waals surface area contributed by atoms with E-state index in [0.29, 0.717) is 16.9 Å². The lowest BCUT2D eigenvalue weighted by atomic mass is 10.1. The van der Waals surface area contributed by atoms with Gasteiger partial charge in [0.25, 0.3) is 0 Å². The molecule has 1 heterocycles. The molecule has 122 valence electrons. The second-order valence-corrected chi connectivity index (χ2v) is 6.20. The lowest BCUT2D eigenvalue weighted by Gasteiger charge is -2.08. The van der Waals surface area contributed by atoms with E-state index >= 15 is 0 Å². The third kappa shape index (κ3) is 3.97. The van der Waals surface area contributed by atoms with Crippen LogP contribution < -0.4 is 5.32 Å². The maximum atomic E-state index is 14.2. The van der Waals surface area contributed by atoms with Gasteiger partial charge in [0.15, 0.2) is 0 Å². The minimum atomic E-state index is -0.629. The number of hydrogen-bond donors (Lipinski definition) is 1. The highest BCUT2D eigenvalue weighted by Gasteiger charge is 2.11. The van der Waals surface area contributed by atoms with Gasteiger partial charge in [0, 0.05) is 16.6 Å². The number of amides is 1. The molecule has 3 rings (SSSR count). The average molecular weight is 342 g/mol. The maximum absolute atomic E-state index is 14.2. The summed E-state index contributed by atoms with van der Waals surface area (Å²) in [5, 5.41) is 5.19.